The summed E-state index contributed by atoms with van der Waals surface area (Å²) in [6.07, 6.45) is -7.71. The Morgan fingerprint density at radius 1 is 1.37 bits per heavy atom. The van der Waals surface area contributed by atoms with E-state index in [0.717, 1.165) is 0 Å². The average Bonchev–Trinajstić information content (AvgIpc) is 2.61. The minimum absolute atomic E-state index is 0.0489. The Hall–Kier alpha value is -1.24. The van der Waals surface area contributed by atoms with Crippen molar-refractivity contribution in [3.8, 4) is 0 Å². The van der Waals surface area contributed by atoms with Gasteiger partial charge < -0.3 is 10.6 Å². The molecular formula is C11H10ClF5N2. The number of alkyl halides is 5. The molecule has 1 aromatic rings. The summed E-state index contributed by atoms with van der Waals surface area (Å²) in [4.78, 5) is 0.644. The second kappa shape index (κ2) is 4.70. The molecule has 1 heterocycles. The summed E-state index contributed by atoms with van der Waals surface area (Å²) >= 11 is 5.87. The Bertz CT molecular complexity index is 489. The lowest BCUT2D eigenvalue weighted by Crippen LogP contribution is -2.43. The summed E-state index contributed by atoms with van der Waals surface area (Å²) in [5.74, 6) is 0. The molecule has 0 aromatic heterocycles. The number of nitrogen functional groups attached to an aromatic ring is 1. The van der Waals surface area contributed by atoms with Crippen LogP contribution in [-0.4, -0.2) is 25.2 Å². The zero-order valence-corrected chi connectivity index (χ0v) is 10.3. The first-order valence-electron chi connectivity index (χ1n) is 5.39. The molecule has 0 aliphatic carbocycles. The van der Waals surface area contributed by atoms with E-state index in [-0.39, 0.29) is 28.4 Å². The Morgan fingerprint density at radius 2 is 2.00 bits per heavy atom. The van der Waals surface area contributed by atoms with Gasteiger partial charge >= 0.3 is 6.18 Å². The van der Waals surface area contributed by atoms with Gasteiger partial charge in [-0.2, -0.15) is 13.2 Å². The van der Waals surface area contributed by atoms with E-state index in [4.69, 9.17) is 17.3 Å². The quantitative estimate of drug-likeness (QED) is 0.669. The molecule has 0 fully saturated rings. The molecule has 8 heteroatoms. The van der Waals surface area contributed by atoms with Crippen molar-refractivity contribution in [2.45, 2.75) is 25.1 Å². The molecule has 1 atom stereocenters. The van der Waals surface area contributed by atoms with Crippen LogP contribution < -0.4 is 10.6 Å². The molecule has 106 valence electrons. The van der Waals surface area contributed by atoms with Gasteiger partial charge in [0.2, 0.25) is 0 Å². The van der Waals surface area contributed by atoms with E-state index in [2.05, 4.69) is 0 Å². The van der Waals surface area contributed by atoms with Crippen LogP contribution in [0.2, 0.25) is 5.02 Å². The van der Waals surface area contributed by atoms with Crippen LogP contribution in [0, 0.1) is 0 Å². The lowest BCUT2D eigenvalue weighted by Gasteiger charge is -2.27. The van der Waals surface area contributed by atoms with Gasteiger partial charge in [0.25, 0.3) is 6.43 Å². The van der Waals surface area contributed by atoms with Gasteiger partial charge in [0.05, 0.1) is 16.8 Å². The van der Waals surface area contributed by atoms with Gasteiger partial charge in [-0.25, -0.2) is 8.78 Å². The minimum atomic E-state index is -4.57. The van der Waals surface area contributed by atoms with Crippen LogP contribution in [0.4, 0.5) is 33.3 Å². The molecular weight excluding hydrogens is 291 g/mol. The molecule has 0 bridgehead atoms. The van der Waals surface area contributed by atoms with E-state index in [1.165, 1.54) is 12.1 Å². The van der Waals surface area contributed by atoms with Crippen molar-refractivity contribution < 1.29 is 22.0 Å². The van der Waals surface area contributed by atoms with Gasteiger partial charge in [0.1, 0.15) is 6.54 Å². The zero-order valence-electron chi connectivity index (χ0n) is 9.52. The molecule has 1 aromatic carbocycles. The Kier molecular flexibility index (Phi) is 3.51. The highest BCUT2D eigenvalue weighted by Gasteiger charge is 2.42. The van der Waals surface area contributed by atoms with Crippen LogP contribution in [0.25, 0.3) is 0 Å². The molecule has 0 radical (unpaired) electrons. The number of hydrogen-bond donors (Lipinski definition) is 1. The maximum absolute atomic E-state index is 12.9. The van der Waals surface area contributed by atoms with Crippen LogP contribution in [-0.2, 0) is 6.42 Å². The smallest absolute Gasteiger partial charge is 0.398 e. The highest BCUT2D eigenvalue weighted by molar-refractivity contribution is 6.34. The fourth-order valence-electron chi connectivity index (χ4n) is 2.21. The Balaban J connectivity index is 2.43. The number of halogens is 6. The van der Waals surface area contributed by atoms with Crippen LogP contribution in [0.3, 0.4) is 0 Å². The van der Waals surface area contributed by atoms with Crippen LogP contribution >= 0.6 is 11.6 Å². The topological polar surface area (TPSA) is 29.3 Å². The third-order valence-electron chi connectivity index (χ3n) is 3.01. The van der Waals surface area contributed by atoms with Crippen molar-refractivity contribution in [3.63, 3.8) is 0 Å². The maximum Gasteiger partial charge on any atom is 0.405 e. The summed E-state index contributed by atoms with van der Waals surface area (Å²) < 4.78 is 63.2. The van der Waals surface area contributed by atoms with Crippen molar-refractivity contribution in [1.29, 1.82) is 0 Å². The molecule has 0 spiro atoms. The summed E-state index contributed by atoms with van der Waals surface area (Å²) in [7, 11) is 0. The van der Waals surface area contributed by atoms with Gasteiger partial charge in [0.15, 0.2) is 0 Å². The standard InChI is InChI=1S/C11H10ClF5N2/c12-9-5-3-8(10(13)14)19(4-11(15,16)17)7(5)2-1-6(9)18/h1-2,8,10H,3-4,18H2. The predicted octanol–water partition coefficient (Wildman–Crippen LogP) is 3.48. The van der Waals surface area contributed by atoms with Crippen molar-refractivity contribution in [3.05, 3.63) is 22.7 Å². The summed E-state index contributed by atoms with van der Waals surface area (Å²) in [6.45, 7) is -1.44. The first-order valence-corrected chi connectivity index (χ1v) is 5.77. The molecule has 2 N–H and O–H groups in total. The van der Waals surface area contributed by atoms with Crippen LogP contribution in [0.1, 0.15) is 5.56 Å². The largest absolute Gasteiger partial charge is 0.405 e. The molecule has 2 rings (SSSR count). The van der Waals surface area contributed by atoms with Gasteiger partial charge in [-0.1, -0.05) is 11.6 Å². The minimum Gasteiger partial charge on any atom is -0.398 e. The second-order valence-electron chi connectivity index (χ2n) is 4.32. The lowest BCUT2D eigenvalue weighted by molar-refractivity contribution is -0.121. The monoisotopic (exact) mass is 300 g/mol. The molecule has 1 unspecified atom stereocenters. The normalized spacial score (nSPS) is 19.1. The van der Waals surface area contributed by atoms with Gasteiger partial charge in [-0.15, -0.1) is 0 Å². The SMILES string of the molecule is Nc1ccc2c(c1Cl)CC(C(F)F)N2CC(F)(F)F. The molecule has 2 nitrogen and oxygen atoms in total. The third kappa shape index (κ3) is 2.70. The van der Waals surface area contributed by atoms with E-state index in [0.29, 0.717) is 4.90 Å². The molecule has 1 aliphatic rings. The average molecular weight is 301 g/mol. The number of rotatable bonds is 2. The number of fused-ring (bicyclic) bond motifs is 1. The summed E-state index contributed by atoms with van der Waals surface area (Å²) in [5.41, 5.74) is 6.01. The van der Waals surface area contributed by atoms with Crippen LogP contribution in [0.15, 0.2) is 12.1 Å². The third-order valence-corrected chi connectivity index (χ3v) is 3.46. The maximum atomic E-state index is 12.9. The van der Waals surface area contributed by atoms with Crippen molar-refractivity contribution in [2.24, 2.45) is 0 Å². The van der Waals surface area contributed by atoms with E-state index >= 15 is 0 Å². The first-order chi connectivity index (χ1) is 8.70. The van der Waals surface area contributed by atoms with Gasteiger partial charge in [-0.05, 0) is 17.7 Å². The predicted molar refractivity (Wildman–Crippen MR) is 62.8 cm³/mol. The van der Waals surface area contributed by atoms with Crippen molar-refractivity contribution in [2.75, 3.05) is 17.2 Å². The number of anilines is 2. The lowest BCUT2D eigenvalue weighted by atomic mass is 10.1. The molecule has 0 amide bonds. The van der Waals surface area contributed by atoms with Gasteiger partial charge in [-0.3, -0.25) is 0 Å². The highest BCUT2D eigenvalue weighted by atomic mass is 35.5. The van der Waals surface area contributed by atoms with E-state index < -0.39 is 25.2 Å². The molecule has 0 saturated heterocycles. The van der Waals surface area contributed by atoms with Crippen LogP contribution in [0.5, 0.6) is 0 Å². The molecule has 1 aliphatic heterocycles. The number of nitrogens with zero attached hydrogens (tertiary/aromatic N) is 1. The Morgan fingerprint density at radius 3 is 2.53 bits per heavy atom. The fraction of sp³-hybridized carbons (Fsp3) is 0.455. The highest BCUT2D eigenvalue weighted by Crippen LogP contribution is 2.42. The number of benzene rings is 1. The van der Waals surface area contributed by atoms with E-state index in [1.807, 2.05) is 0 Å². The zero-order chi connectivity index (χ0) is 14.4. The second-order valence-corrected chi connectivity index (χ2v) is 4.69. The number of nitrogens with two attached hydrogens (primary N) is 1. The van der Waals surface area contributed by atoms with E-state index in [1.54, 1.807) is 0 Å². The summed E-state index contributed by atoms with van der Waals surface area (Å²) in [5, 5.41) is 0.0489. The number of hydrogen-bond acceptors (Lipinski definition) is 2. The Labute approximate surface area is 110 Å². The van der Waals surface area contributed by atoms with Gasteiger partial charge in [0, 0.05) is 12.1 Å². The fourth-order valence-corrected chi connectivity index (χ4v) is 2.45. The first kappa shape index (κ1) is 14.2. The molecule has 19 heavy (non-hydrogen) atoms. The van der Waals surface area contributed by atoms with Crippen molar-refractivity contribution >= 4 is 23.0 Å². The van der Waals surface area contributed by atoms with Crippen molar-refractivity contribution in [1.82, 2.24) is 0 Å². The molecule has 0 saturated carbocycles. The summed E-state index contributed by atoms with van der Waals surface area (Å²) in [6, 6.07) is 1.08. The van der Waals surface area contributed by atoms with E-state index in [9.17, 15) is 22.0 Å².